The Morgan fingerprint density at radius 3 is 2.38 bits per heavy atom. The van der Waals surface area contributed by atoms with Gasteiger partial charge in [0.2, 0.25) is 5.75 Å². The molecule has 0 saturated carbocycles. The van der Waals surface area contributed by atoms with Crippen LogP contribution in [0.1, 0.15) is 42.2 Å². The molecular weight excluding hydrogens is 394 g/mol. The number of aliphatic imine (C=N–C) groups is 1. The molecule has 29 heavy (non-hydrogen) atoms. The fourth-order valence-electron chi connectivity index (χ4n) is 3.90. The van der Waals surface area contributed by atoms with Crippen LogP contribution < -0.4 is 19.8 Å². The molecule has 2 aliphatic heterocycles. The van der Waals surface area contributed by atoms with Gasteiger partial charge >= 0.3 is 0 Å². The number of hydrogen-bond acceptors (Lipinski definition) is 7. The lowest BCUT2D eigenvalue weighted by molar-refractivity contribution is 0.0666. The second kappa shape index (κ2) is 8.16. The molecular formula is C20H25N3O5S. The third-order valence-electron chi connectivity index (χ3n) is 5.30. The van der Waals surface area contributed by atoms with Gasteiger partial charge in [-0.1, -0.05) is 11.8 Å². The molecule has 1 N–H and O–H groups in total. The van der Waals surface area contributed by atoms with E-state index < -0.39 is 0 Å². The quantitative estimate of drug-likeness (QED) is 0.799. The summed E-state index contributed by atoms with van der Waals surface area (Å²) in [4.78, 5) is 17.7. The summed E-state index contributed by atoms with van der Waals surface area (Å²) in [6, 6.07) is 3.97. The Bertz CT molecular complexity index is 965. The Balaban J connectivity index is 1.83. The average molecular weight is 420 g/mol. The van der Waals surface area contributed by atoms with Gasteiger partial charge in [-0.2, -0.15) is 0 Å². The van der Waals surface area contributed by atoms with E-state index >= 15 is 0 Å². The highest BCUT2D eigenvalue weighted by molar-refractivity contribution is 8.14. The lowest BCUT2D eigenvalue weighted by atomic mass is 10.0. The van der Waals surface area contributed by atoms with E-state index in [1.54, 1.807) is 33.1 Å². The van der Waals surface area contributed by atoms with Crippen molar-refractivity contribution in [1.82, 2.24) is 9.78 Å². The smallest absolute Gasteiger partial charge is 0.271 e. The van der Waals surface area contributed by atoms with Gasteiger partial charge in [-0.3, -0.25) is 14.6 Å². The highest BCUT2D eigenvalue weighted by Crippen LogP contribution is 2.48. The van der Waals surface area contributed by atoms with Gasteiger partial charge in [0.1, 0.15) is 0 Å². The second-order valence-corrected chi connectivity index (χ2v) is 8.28. The van der Waals surface area contributed by atoms with Gasteiger partial charge in [0, 0.05) is 13.2 Å². The number of aromatic amines is 1. The molecule has 0 amide bonds. The number of H-pyrrole nitrogens is 1. The first-order valence-electron chi connectivity index (χ1n) is 9.51. The van der Waals surface area contributed by atoms with E-state index in [1.807, 2.05) is 23.7 Å². The van der Waals surface area contributed by atoms with Crippen molar-refractivity contribution in [2.75, 3.05) is 34.5 Å². The van der Waals surface area contributed by atoms with Crippen molar-refractivity contribution >= 4 is 22.6 Å². The number of nitrogens with zero attached hydrogens (tertiary/aromatic N) is 2. The van der Waals surface area contributed by atoms with E-state index in [2.05, 4.69) is 5.10 Å². The number of rotatable bonds is 5. The van der Waals surface area contributed by atoms with Crippen LogP contribution in [0.2, 0.25) is 0 Å². The van der Waals surface area contributed by atoms with E-state index in [4.69, 9.17) is 23.9 Å². The number of ether oxygens (including phenoxy) is 4. The van der Waals surface area contributed by atoms with E-state index in [0.29, 0.717) is 41.8 Å². The maximum Gasteiger partial charge on any atom is 0.271 e. The first kappa shape index (κ1) is 19.9. The number of methoxy groups -OCH3 is 3. The van der Waals surface area contributed by atoms with Crippen LogP contribution in [-0.4, -0.2) is 49.4 Å². The standard InChI is InChI=1S/C20H25N3O5S/c1-11-21-19-16(20(24)22-23(19)13-5-7-28-8-6-13)18(29-11)12-9-14(25-2)17(27-4)15(10-12)26-3/h9-10,13,18H,5-8H2,1-4H3,(H,22,24)/t18-/m0/s1. The maximum atomic E-state index is 13.0. The third kappa shape index (κ3) is 3.53. The molecule has 1 aromatic carbocycles. The first-order valence-corrected chi connectivity index (χ1v) is 10.4. The summed E-state index contributed by atoms with van der Waals surface area (Å²) >= 11 is 1.55. The fourth-order valence-corrected chi connectivity index (χ4v) is 4.99. The van der Waals surface area contributed by atoms with Crippen molar-refractivity contribution in [2.45, 2.75) is 31.1 Å². The molecule has 2 aromatic rings. The monoisotopic (exact) mass is 419 g/mol. The van der Waals surface area contributed by atoms with Crippen molar-refractivity contribution in [2.24, 2.45) is 4.99 Å². The van der Waals surface area contributed by atoms with Crippen LogP contribution in [0.25, 0.3) is 0 Å². The average Bonchev–Trinajstić information content (AvgIpc) is 3.08. The summed E-state index contributed by atoms with van der Waals surface area (Å²) in [6.07, 6.45) is 1.71. The minimum absolute atomic E-state index is 0.117. The van der Waals surface area contributed by atoms with E-state index in [1.165, 1.54) is 0 Å². The van der Waals surface area contributed by atoms with Gasteiger partial charge in [-0.25, -0.2) is 4.99 Å². The highest BCUT2D eigenvalue weighted by atomic mass is 32.2. The molecule has 0 aliphatic carbocycles. The summed E-state index contributed by atoms with van der Waals surface area (Å²) < 4.78 is 23.8. The topological polar surface area (TPSA) is 87.1 Å². The predicted molar refractivity (Wildman–Crippen MR) is 112 cm³/mol. The van der Waals surface area contributed by atoms with Gasteiger partial charge in [-0.15, -0.1) is 0 Å². The molecule has 3 heterocycles. The molecule has 0 unspecified atom stereocenters. The van der Waals surface area contributed by atoms with Crippen LogP contribution in [0, 0.1) is 0 Å². The minimum Gasteiger partial charge on any atom is -0.493 e. The zero-order valence-electron chi connectivity index (χ0n) is 17.0. The van der Waals surface area contributed by atoms with Gasteiger partial charge in [-0.05, 0) is 37.5 Å². The SMILES string of the molecule is COc1cc([C@@H]2SC(C)=Nc3c2c(=O)[nH]n3C2CCOCC2)cc(OC)c1OC. The molecule has 9 heteroatoms. The van der Waals surface area contributed by atoms with Crippen LogP contribution in [0.15, 0.2) is 21.9 Å². The fraction of sp³-hybridized carbons (Fsp3) is 0.500. The molecule has 0 bridgehead atoms. The molecule has 0 spiro atoms. The largest absolute Gasteiger partial charge is 0.493 e. The highest BCUT2D eigenvalue weighted by Gasteiger charge is 2.33. The molecule has 156 valence electrons. The number of fused-ring (bicyclic) bond motifs is 1. The molecule has 2 aliphatic rings. The Kier molecular flexibility index (Phi) is 5.60. The van der Waals surface area contributed by atoms with Crippen LogP contribution in [0.5, 0.6) is 17.2 Å². The third-order valence-corrected chi connectivity index (χ3v) is 6.47. The number of nitrogens with one attached hydrogen (secondary N) is 1. The molecule has 8 nitrogen and oxygen atoms in total. The van der Waals surface area contributed by atoms with Gasteiger partial charge < -0.3 is 18.9 Å². The van der Waals surface area contributed by atoms with Gasteiger partial charge in [0.05, 0.1) is 43.2 Å². The summed E-state index contributed by atoms with van der Waals surface area (Å²) in [5.74, 6) is 2.35. The van der Waals surface area contributed by atoms with E-state index in [0.717, 1.165) is 23.4 Å². The predicted octanol–water partition coefficient (Wildman–Crippen LogP) is 3.44. The first-order chi connectivity index (χ1) is 14.1. The Labute approximate surface area is 173 Å². The van der Waals surface area contributed by atoms with Gasteiger partial charge in [0.15, 0.2) is 17.3 Å². The number of thioether (sulfide) groups is 1. The Morgan fingerprint density at radius 1 is 1.14 bits per heavy atom. The summed E-state index contributed by atoms with van der Waals surface area (Å²) in [6.45, 7) is 3.34. The second-order valence-electron chi connectivity index (χ2n) is 6.98. The minimum atomic E-state index is -0.221. The van der Waals surface area contributed by atoms with Crippen molar-refractivity contribution in [3.8, 4) is 17.2 Å². The molecule has 1 atom stereocenters. The molecule has 1 fully saturated rings. The summed E-state index contributed by atoms with van der Waals surface area (Å²) in [5.41, 5.74) is 1.44. The van der Waals surface area contributed by atoms with Crippen molar-refractivity contribution < 1.29 is 18.9 Å². The van der Waals surface area contributed by atoms with Crippen LogP contribution in [0.4, 0.5) is 5.82 Å². The summed E-state index contributed by atoms with van der Waals surface area (Å²) in [7, 11) is 4.74. The van der Waals surface area contributed by atoms with Crippen molar-refractivity contribution in [3.63, 3.8) is 0 Å². The lowest BCUT2D eigenvalue weighted by Crippen LogP contribution is -2.21. The molecule has 1 aromatic heterocycles. The number of hydrogen-bond donors (Lipinski definition) is 1. The Morgan fingerprint density at radius 2 is 1.79 bits per heavy atom. The Hall–Kier alpha value is -2.39. The normalized spacial score (nSPS) is 19.4. The van der Waals surface area contributed by atoms with Crippen LogP contribution in [0.3, 0.4) is 0 Å². The van der Waals surface area contributed by atoms with Crippen LogP contribution >= 0.6 is 11.8 Å². The zero-order chi connectivity index (χ0) is 20.5. The number of aromatic nitrogens is 2. The molecule has 4 rings (SSSR count). The molecule has 1 saturated heterocycles. The van der Waals surface area contributed by atoms with Crippen molar-refractivity contribution in [3.05, 3.63) is 33.6 Å². The molecule has 0 radical (unpaired) electrons. The lowest BCUT2D eigenvalue weighted by Gasteiger charge is -2.26. The van der Waals surface area contributed by atoms with Crippen LogP contribution in [-0.2, 0) is 4.74 Å². The zero-order valence-corrected chi connectivity index (χ0v) is 17.8. The number of benzene rings is 1. The van der Waals surface area contributed by atoms with Crippen molar-refractivity contribution in [1.29, 1.82) is 0 Å². The van der Waals surface area contributed by atoms with E-state index in [-0.39, 0.29) is 16.9 Å². The van der Waals surface area contributed by atoms with E-state index in [9.17, 15) is 4.79 Å². The maximum absolute atomic E-state index is 13.0. The summed E-state index contributed by atoms with van der Waals surface area (Å²) in [5, 5.41) is 3.70. The van der Waals surface area contributed by atoms with Gasteiger partial charge in [0.25, 0.3) is 5.56 Å².